The van der Waals surface area contributed by atoms with Crippen molar-refractivity contribution in [2.75, 3.05) is 37.3 Å². The topological polar surface area (TPSA) is 188 Å². The van der Waals surface area contributed by atoms with E-state index in [4.69, 9.17) is 34.4 Å². The number of alkyl halides is 9. The molecule has 0 saturated carbocycles. The Labute approximate surface area is 259 Å². The van der Waals surface area contributed by atoms with Gasteiger partial charge in [0.15, 0.2) is 0 Å². The lowest BCUT2D eigenvalue weighted by molar-refractivity contribution is -0.193. The van der Waals surface area contributed by atoms with E-state index in [1.807, 2.05) is 18.2 Å². The van der Waals surface area contributed by atoms with E-state index in [0.29, 0.717) is 12.4 Å². The lowest BCUT2D eigenvalue weighted by Gasteiger charge is -2.25. The maximum absolute atomic E-state index is 12.3. The highest BCUT2D eigenvalue weighted by Crippen LogP contribution is 2.46. The molecule has 264 valence electrons. The van der Waals surface area contributed by atoms with Gasteiger partial charge in [-0.25, -0.2) is 27.8 Å². The summed E-state index contributed by atoms with van der Waals surface area (Å²) in [6.07, 6.45) is -9.64. The van der Waals surface area contributed by atoms with Gasteiger partial charge < -0.3 is 20.1 Å². The van der Waals surface area contributed by atoms with E-state index < -0.39 is 46.5 Å². The number of methoxy groups -OCH3 is 1. The van der Waals surface area contributed by atoms with E-state index in [1.165, 1.54) is 10.6 Å². The molecule has 2 aromatic heterocycles. The maximum atomic E-state index is 12.3. The van der Waals surface area contributed by atoms with Crippen LogP contribution in [-0.2, 0) is 36.4 Å². The van der Waals surface area contributed by atoms with E-state index in [1.54, 1.807) is 25.6 Å². The molecule has 0 aliphatic carbocycles. The molecule has 4 heterocycles. The lowest BCUT2D eigenvalue weighted by Crippen LogP contribution is -2.38. The number of anilines is 1. The molecule has 1 fully saturated rings. The molecule has 0 aromatic carbocycles. The summed E-state index contributed by atoms with van der Waals surface area (Å²) in [6.45, 7) is 2.82. The highest BCUT2D eigenvalue weighted by Gasteiger charge is 2.50. The standard InChI is InChI=1S/C18H22N4O3S.3C2HF3O2/c1-25-17-14(5-3-9-20-17)11-21-10-7-18(12-21)13-22(26(2,23)24)15-6-4-8-19-16(15)18;3*3-2(4,5)1(6)7/h3-6,8-9H,7,10-13H2,1-2H3;3*(H,6,7). The lowest BCUT2D eigenvalue weighted by atomic mass is 9.85. The van der Waals surface area contributed by atoms with Crippen LogP contribution in [-0.4, -0.2) is 108 Å². The first kappa shape index (κ1) is 40.6. The van der Waals surface area contributed by atoms with Crippen LogP contribution in [0.4, 0.5) is 45.2 Å². The van der Waals surface area contributed by atoms with Gasteiger partial charge in [-0.15, -0.1) is 0 Å². The summed E-state index contributed by atoms with van der Waals surface area (Å²) in [6, 6.07) is 7.57. The Kier molecular flexibility index (Phi) is 13.4. The van der Waals surface area contributed by atoms with E-state index in [-0.39, 0.29) is 5.41 Å². The zero-order valence-corrected chi connectivity index (χ0v) is 24.7. The second-order valence-corrected chi connectivity index (χ2v) is 11.4. The molecule has 3 N–H and O–H groups in total. The molecule has 23 heteroatoms. The number of halogens is 9. The number of fused-ring (bicyclic) bond motifs is 2. The molecule has 2 aromatic rings. The van der Waals surface area contributed by atoms with E-state index in [2.05, 4.69) is 14.9 Å². The second-order valence-electron chi connectivity index (χ2n) is 9.46. The number of carboxylic acids is 3. The molecule has 1 saturated heterocycles. The Morgan fingerprint density at radius 2 is 1.30 bits per heavy atom. The Bertz CT molecular complexity index is 1460. The molecular weight excluding hydrogens is 691 g/mol. The number of sulfonamides is 1. The molecule has 0 amide bonds. The number of ether oxygens (including phenoxy) is 1. The monoisotopic (exact) mass is 716 g/mol. The third-order valence-electron chi connectivity index (χ3n) is 6.00. The summed E-state index contributed by atoms with van der Waals surface area (Å²) >= 11 is 0. The largest absolute Gasteiger partial charge is 0.490 e. The van der Waals surface area contributed by atoms with Crippen LogP contribution < -0.4 is 9.04 Å². The first-order valence-corrected chi connectivity index (χ1v) is 14.1. The summed E-state index contributed by atoms with van der Waals surface area (Å²) in [5.74, 6) is -7.64. The van der Waals surface area contributed by atoms with Gasteiger partial charge in [0.25, 0.3) is 0 Å². The molecule has 2 aliphatic heterocycles. The van der Waals surface area contributed by atoms with Crippen molar-refractivity contribution >= 4 is 33.6 Å². The normalized spacial score (nSPS) is 17.6. The number of nitrogens with zero attached hydrogens (tertiary/aromatic N) is 4. The number of aliphatic carboxylic acids is 3. The Morgan fingerprint density at radius 1 is 0.851 bits per heavy atom. The minimum atomic E-state index is -5.08. The predicted molar refractivity (Wildman–Crippen MR) is 140 cm³/mol. The number of pyridine rings is 2. The van der Waals surface area contributed by atoms with Gasteiger partial charge in [-0.1, -0.05) is 6.07 Å². The van der Waals surface area contributed by atoms with Crippen LogP contribution in [0.3, 0.4) is 0 Å². The van der Waals surface area contributed by atoms with Gasteiger partial charge in [0, 0.05) is 43.0 Å². The number of hydrogen-bond donors (Lipinski definition) is 3. The van der Waals surface area contributed by atoms with Crippen LogP contribution in [0.5, 0.6) is 5.88 Å². The molecule has 1 unspecified atom stereocenters. The zero-order chi connectivity index (χ0) is 36.6. The van der Waals surface area contributed by atoms with Crippen molar-refractivity contribution in [1.29, 1.82) is 0 Å². The molecular formula is C24H25F9N4O9S. The van der Waals surface area contributed by atoms with Crippen LogP contribution >= 0.6 is 0 Å². The summed E-state index contributed by atoms with van der Waals surface area (Å²) < 4.78 is 127. The summed E-state index contributed by atoms with van der Waals surface area (Å²) in [5, 5.41) is 21.4. The predicted octanol–water partition coefficient (Wildman–Crippen LogP) is 3.31. The minimum absolute atomic E-state index is 0.255. The van der Waals surface area contributed by atoms with Crippen LogP contribution in [0, 0.1) is 0 Å². The van der Waals surface area contributed by atoms with Crippen molar-refractivity contribution in [2.45, 2.75) is 36.9 Å². The minimum Gasteiger partial charge on any atom is -0.481 e. The van der Waals surface area contributed by atoms with Gasteiger partial charge in [0.2, 0.25) is 15.9 Å². The van der Waals surface area contributed by atoms with Crippen molar-refractivity contribution < 1.29 is 82.4 Å². The molecule has 2 aliphatic rings. The van der Waals surface area contributed by atoms with Crippen molar-refractivity contribution in [3.05, 3.63) is 47.9 Å². The molecule has 13 nitrogen and oxygen atoms in total. The third kappa shape index (κ3) is 12.0. The van der Waals surface area contributed by atoms with Crippen LogP contribution in [0.25, 0.3) is 0 Å². The van der Waals surface area contributed by atoms with Crippen LogP contribution in [0.1, 0.15) is 17.7 Å². The first-order valence-electron chi connectivity index (χ1n) is 12.3. The fourth-order valence-electron chi connectivity index (χ4n) is 4.12. The highest BCUT2D eigenvalue weighted by molar-refractivity contribution is 7.92. The SMILES string of the molecule is COc1ncccc1CN1CCC2(C1)CN(S(C)(=O)=O)c1cccnc12.O=C(O)C(F)(F)F.O=C(O)C(F)(F)F.O=C(O)C(F)(F)F. The third-order valence-corrected chi connectivity index (χ3v) is 7.13. The average molecular weight is 717 g/mol. The van der Waals surface area contributed by atoms with Gasteiger partial charge in [0.05, 0.1) is 24.7 Å². The summed E-state index contributed by atoms with van der Waals surface area (Å²) in [5.41, 5.74) is 2.39. The molecule has 1 spiro atoms. The van der Waals surface area contributed by atoms with Gasteiger partial charge in [0.1, 0.15) is 0 Å². The van der Waals surface area contributed by atoms with E-state index in [0.717, 1.165) is 43.0 Å². The van der Waals surface area contributed by atoms with Crippen molar-refractivity contribution in [2.24, 2.45) is 0 Å². The second kappa shape index (κ2) is 15.5. The zero-order valence-electron chi connectivity index (χ0n) is 23.9. The Hall–Kier alpha value is -4.41. The number of hydrogen-bond acceptors (Lipinski definition) is 9. The average Bonchev–Trinajstić information content (AvgIpc) is 3.49. The fourth-order valence-corrected chi connectivity index (χ4v) is 5.11. The van der Waals surface area contributed by atoms with Gasteiger partial charge in [-0.2, -0.15) is 39.5 Å². The Balaban J connectivity index is 0.000000430. The fraction of sp³-hybridized carbons (Fsp3) is 0.458. The Morgan fingerprint density at radius 3 is 1.72 bits per heavy atom. The number of aromatic nitrogens is 2. The van der Waals surface area contributed by atoms with Crippen molar-refractivity contribution in [3.63, 3.8) is 0 Å². The van der Waals surface area contributed by atoms with Gasteiger partial charge in [-0.05, 0) is 31.2 Å². The van der Waals surface area contributed by atoms with Crippen LogP contribution in [0.15, 0.2) is 36.7 Å². The van der Waals surface area contributed by atoms with Gasteiger partial charge in [-0.3, -0.25) is 14.2 Å². The maximum Gasteiger partial charge on any atom is 0.490 e. The molecule has 0 radical (unpaired) electrons. The highest BCUT2D eigenvalue weighted by atomic mass is 32.2. The van der Waals surface area contributed by atoms with Crippen LogP contribution in [0.2, 0.25) is 0 Å². The summed E-state index contributed by atoms with van der Waals surface area (Å²) in [4.78, 5) is 37.8. The van der Waals surface area contributed by atoms with Crippen molar-refractivity contribution in [1.82, 2.24) is 14.9 Å². The molecule has 1 atom stereocenters. The first-order chi connectivity index (χ1) is 21.3. The summed E-state index contributed by atoms with van der Waals surface area (Å²) in [7, 11) is -1.70. The van der Waals surface area contributed by atoms with E-state index >= 15 is 0 Å². The number of likely N-dealkylation sites (tertiary alicyclic amines) is 1. The number of carboxylic acid groups (broad SMARTS) is 3. The quantitative estimate of drug-likeness (QED) is 0.393. The van der Waals surface area contributed by atoms with E-state index in [9.17, 15) is 47.9 Å². The number of rotatable bonds is 4. The molecule has 4 rings (SSSR count). The number of carbonyl (C=O) groups is 3. The smallest absolute Gasteiger partial charge is 0.481 e. The van der Waals surface area contributed by atoms with Crippen molar-refractivity contribution in [3.8, 4) is 5.88 Å². The van der Waals surface area contributed by atoms with Gasteiger partial charge >= 0.3 is 36.4 Å². The molecule has 47 heavy (non-hydrogen) atoms. The molecule has 0 bridgehead atoms.